The van der Waals surface area contributed by atoms with Gasteiger partial charge in [-0.3, -0.25) is 9.59 Å². The molecule has 0 saturated heterocycles. The standard InChI is InChI=1S/C35H34N2O6/c1-3-4-11-28-22-31(26-16-18-30(19-17-26)42-25(2)38)35(29-14-9-6-10-15-29,24-41-37-21-20-33(39)36-37)23-32(28)43-34(40)27-12-7-5-8-13-27/h5-10,12-23,31H,3-4,11,24H2,1-2H3,(H,36,39). The third-order valence-corrected chi connectivity index (χ3v) is 7.48. The largest absolute Gasteiger partial charge is 0.427 e. The van der Waals surface area contributed by atoms with Crippen molar-refractivity contribution in [1.82, 2.24) is 9.94 Å². The van der Waals surface area contributed by atoms with Crippen molar-refractivity contribution in [2.45, 2.75) is 44.4 Å². The molecule has 2 unspecified atom stereocenters. The number of benzene rings is 3. The predicted molar refractivity (Wildman–Crippen MR) is 163 cm³/mol. The summed E-state index contributed by atoms with van der Waals surface area (Å²) in [5.41, 5.74) is 2.09. The molecule has 1 heterocycles. The Bertz CT molecular complexity index is 1670. The summed E-state index contributed by atoms with van der Waals surface area (Å²) >= 11 is 0. The van der Waals surface area contributed by atoms with Crippen LogP contribution in [0.4, 0.5) is 0 Å². The number of nitrogens with zero attached hydrogens (tertiary/aromatic N) is 1. The van der Waals surface area contributed by atoms with Crippen LogP contribution in [0.15, 0.2) is 125 Å². The molecule has 43 heavy (non-hydrogen) atoms. The Morgan fingerprint density at radius 3 is 2.23 bits per heavy atom. The van der Waals surface area contributed by atoms with Gasteiger partial charge in [-0.2, -0.15) is 0 Å². The van der Waals surface area contributed by atoms with Gasteiger partial charge in [0.2, 0.25) is 0 Å². The Labute approximate surface area is 250 Å². The van der Waals surface area contributed by atoms with E-state index in [1.165, 1.54) is 24.0 Å². The molecule has 2 atom stereocenters. The molecule has 0 fully saturated rings. The average Bonchev–Trinajstić information content (AvgIpc) is 3.45. The van der Waals surface area contributed by atoms with E-state index in [9.17, 15) is 14.4 Å². The maximum Gasteiger partial charge on any atom is 0.343 e. The average molecular weight is 579 g/mol. The highest BCUT2D eigenvalue weighted by atomic mass is 16.7. The zero-order valence-corrected chi connectivity index (χ0v) is 24.2. The Kier molecular flexibility index (Phi) is 9.05. The number of carbonyl (C=O) groups is 2. The van der Waals surface area contributed by atoms with Crippen molar-refractivity contribution in [3.63, 3.8) is 0 Å². The zero-order valence-electron chi connectivity index (χ0n) is 24.2. The second-order valence-corrected chi connectivity index (χ2v) is 10.5. The van der Waals surface area contributed by atoms with E-state index >= 15 is 0 Å². The van der Waals surface area contributed by atoms with Crippen molar-refractivity contribution in [2.24, 2.45) is 0 Å². The number of ether oxygens (including phenoxy) is 2. The Morgan fingerprint density at radius 1 is 0.907 bits per heavy atom. The first kappa shape index (κ1) is 29.4. The van der Waals surface area contributed by atoms with Gasteiger partial charge in [-0.15, -0.1) is 4.85 Å². The van der Waals surface area contributed by atoms with Crippen LogP contribution in [0.3, 0.4) is 0 Å². The number of unbranched alkanes of at least 4 members (excludes halogenated alkanes) is 1. The molecule has 1 N–H and O–H groups in total. The summed E-state index contributed by atoms with van der Waals surface area (Å²) in [4.78, 5) is 44.2. The molecule has 1 aliphatic rings. The third-order valence-electron chi connectivity index (χ3n) is 7.48. The topological polar surface area (TPSA) is 99.6 Å². The molecule has 0 amide bonds. The summed E-state index contributed by atoms with van der Waals surface area (Å²) < 4.78 is 11.4. The molecule has 220 valence electrons. The number of allylic oxidation sites excluding steroid dienone is 2. The summed E-state index contributed by atoms with van der Waals surface area (Å²) in [6, 6.07) is 27.6. The lowest BCUT2D eigenvalue weighted by Gasteiger charge is -2.41. The van der Waals surface area contributed by atoms with E-state index in [1.54, 1.807) is 36.4 Å². The predicted octanol–water partition coefficient (Wildman–Crippen LogP) is 6.12. The van der Waals surface area contributed by atoms with Crippen molar-refractivity contribution in [3.8, 4) is 5.75 Å². The van der Waals surface area contributed by atoms with Crippen molar-refractivity contribution >= 4 is 11.9 Å². The molecular formula is C35H34N2O6. The van der Waals surface area contributed by atoms with Gasteiger partial charge in [0.1, 0.15) is 18.1 Å². The van der Waals surface area contributed by atoms with E-state index in [0.29, 0.717) is 23.5 Å². The third kappa shape index (κ3) is 6.86. The molecule has 4 aromatic rings. The first-order valence-electron chi connectivity index (χ1n) is 14.3. The minimum Gasteiger partial charge on any atom is -0.427 e. The number of hydrogen-bond acceptors (Lipinski definition) is 6. The van der Waals surface area contributed by atoms with Crippen LogP contribution < -0.4 is 15.1 Å². The Morgan fingerprint density at radius 2 is 1.60 bits per heavy atom. The fourth-order valence-electron chi connectivity index (χ4n) is 5.35. The summed E-state index contributed by atoms with van der Waals surface area (Å²) in [6.45, 7) is 3.58. The molecule has 1 aromatic heterocycles. The Balaban J connectivity index is 1.66. The number of carbonyl (C=O) groups excluding carboxylic acids is 2. The number of esters is 2. The number of rotatable bonds is 11. The van der Waals surface area contributed by atoms with Crippen LogP contribution in [-0.4, -0.2) is 28.5 Å². The smallest absolute Gasteiger partial charge is 0.343 e. The van der Waals surface area contributed by atoms with E-state index in [4.69, 9.17) is 14.3 Å². The molecule has 0 aliphatic heterocycles. The van der Waals surface area contributed by atoms with Gasteiger partial charge in [-0.1, -0.05) is 80.1 Å². The fraction of sp³-hybridized carbons (Fsp3) is 0.229. The highest BCUT2D eigenvalue weighted by Gasteiger charge is 2.44. The van der Waals surface area contributed by atoms with Crippen LogP contribution in [-0.2, 0) is 14.9 Å². The molecule has 8 nitrogen and oxygen atoms in total. The first-order chi connectivity index (χ1) is 20.9. The normalized spacial score (nSPS) is 17.9. The lowest BCUT2D eigenvalue weighted by atomic mass is 9.64. The molecule has 0 bridgehead atoms. The number of aromatic nitrogens is 2. The van der Waals surface area contributed by atoms with Gasteiger partial charge in [-0.25, -0.2) is 9.89 Å². The lowest BCUT2D eigenvalue weighted by Crippen LogP contribution is -2.42. The van der Waals surface area contributed by atoms with Crippen LogP contribution in [0, 0.1) is 0 Å². The number of hydrogen-bond donors (Lipinski definition) is 1. The maximum atomic E-state index is 13.3. The summed E-state index contributed by atoms with van der Waals surface area (Å²) in [7, 11) is 0. The monoisotopic (exact) mass is 578 g/mol. The van der Waals surface area contributed by atoms with Crippen molar-refractivity contribution in [3.05, 3.63) is 148 Å². The lowest BCUT2D eigenvalue weighted by molar-refractivity contribution is -0.131. The second-order valence-electron chi connectivity index (χ2n) is 10.5. The van der Waals surface area contributed by atoms with Crippen molar-refractivity contribution < 1.29 is 23.9 Å². The number of aromatic amines is 1. The minimum atomic E-state index is -0.868. The van der Waals surface area contributed by atoms with Crippen LogP contribution >= 0.6 is 0 Å². The minimum absolute atomic E-state index is 0.0991. The van der Waals surface area contributed by atoms with E-state index < -0.39 is 17.4 Å². The second kappa shape index (κ2) is 13.2. The van der Waals surface area contributed by atoms with E-state index in [0.717, 1.165) is 29.5 Å². The molecule has 0 spiro atoms. The van der Waals surface area contributed by atoms with Gasteiger partial charge in [0.05, 0.1) is 17.2 Å². The molecule has 8 heteroatoms. The molecule has 0 radical (unpaired) electrons. The van der Waals surface area contributed by atoms with E-state index in [-0.39, 0.29) is 18.1 Å². The first-order valence-corrected chi connectivity index (χ1v) is 14.3. The van der Waals surface area contributed by atoms with Gasteiger partial charge < -0.3 is 14.3 Å². The van der Waals surface area contributed by atoms with Gasteiger partial charge in [0.25, 0.3) is 5.56 Å². The summed E-state index contributed by atoms with van der Waals surface area (Å²) in [5, 5.41) is 2.64. The van der Waals surface area contributed by atoms with Crippen molar-refractivity contribution in [1.29, 1.82) is 0 Å². The van der Waals surface area contributed by atoms with Gasteiger partial charge >= 0.3 is 11.9 Å². The van der Waals surface area contributed by atoms with Crippen LogP contribution in [0.1, 0.15) is 60.5 Å². The van der Waals surface area contributed by atoms with Gasteiger partial charge in [0, 0.05) is 18.9 Å². The number of nitrogens with one attached hydrogen (secondary N) is 1. The van der Waals surface area contributed by atoms with Gasteiger partial charge in [0.15, 0.2) is 0 Å². The van der Waals surface area contributed by atoms with Crippen molar-refractivity contribution in [2.75, 3.05) is 6.61 Å². The van der Waals surface area contributed by atoms with Crippen LogP contribution in [0.25, 0.3) is 0 Å². The van der Waals surface area contributed by atoms with Gasteiger partial charge in [-0.05, 0) is 59.9 Å². The SMILES string of the molecule is CCCCC1=CC(c2ccc(OC(C)=O)cc2)C(COn2ccc(=O)[nH]2)(c2ccccc2)C=C1OC(=O)c1ccccc1. The van der Waals surface area contributed by atoms with Crippen LogP contribution in [0.5, 0.6) is 5.75 Å². The highest BCUT2D eigenvalue weighted by Crippen LogP contribution is 2.48. The zero-order chi connectivity index (χ0) is 30.2. The molecule has 1 aliphatic carbocycles. The molecule has 5 rings (SSSR count). The summed E-state index contributed by atoms with van der Waals surface area (Å²) in [5.74, 6) is -0.191. The fourth-order valence-corrected chi connectivity index (χ4v) is 5.35. The van der Waals surface area contributed by atoms with E-state index in [1.807, 2.05) is 54.6 Å². The summed E-state index contributed by atoms with van der Waals surface area (Å²) in [6.07, 6.45) is 8.24. The van der Waals surface area contributed by atoms with Crippen LogP contribution in [0.2, 0.25) is 0 Å². The highest BCUT2D eigenvalue weighted by molar-refractivity contribution is 5.90. The number of H-pyrrole nitrogens is 1. The molecule has 0 saturated carbocycles. The molecule has 3 aromatic carbocycles. The van der Waals surface area contributed by atoms with E-state index in [2.05, 4.69) is 18.1 Å². The Hall–Kier alpha value is -5.11. The quantitative estimate of drug-likeness (QED) is 0.170. The molecular weight excluding hydrogens is 544 g/mol. The maximum absolute atomic E-state index is 13.3.